The van der Waals surface area contributed by atoms with Crippen molar-refractivity contribution in [2.45, 2.75) is 18.9 Å². The number of aliphatic hydroxyl groups excluding tert-OH is 1. The van der Waals surface area contributed by atoms with Gasteiger partial charge < -0.3 is 15.2 Å². The molecular weight excluding hydrogens is 130 g/mol. The number of rotatable bonds is 6. The van der Waals surface area contributed by atoms with Crippen molar-refractivity contribution in [3.8, 4) is 0 Å². The van der Waals surface area contributed by atoms with Gasteiger partial charge in [-0.3, -0.25) is 0 Å². The van der Waals surface area contributed by atoms with Crippen molar-refractivity contribution in [2.24, 2.45) is 0 Å². The minimum absolute atomic E-state index is 0.128. The Labute approximate surface area is 61.4 Å². The largest absolute Gasteiger partial charge is 0.394 e. The van der Waals surface area contributed by atoms with E-state index in [1.807, 2.05) is 0 Å². The lowest BCUT2D eigenvalue weighted by atomic mass is 10.6. The van der Waals surface area contributed by atoms with Crippen LogP contribution < -0.4 is 5.32 Å². The monoisotopic (exact) mass is 145 g/mol. The second kappa shape index (κ2) is 4.66. The normalized spacial score (nSPS) is 17.7. The highest BCUT2D eigenvalue weighted by Crippen LogP contribution is 2.17. The molecule has 0 aliphatic heterocycles. The zero-order valence-corrected chi connectivity index (χ0v) is 6.18. The van der Waals surface area contributed by atoms with E-state index in [9.17, 15) is 0 Å². The predicted molar refractivity (Wildman–Crippen MR) is 38.9 cm³/mol. The Morgan fingerprint density at radius 1 is 1.40 bits per heavy atom. The van der Waals surface area contributed by atoms with E-state index in [0.717, 1.165) is 19.2 Å². The first kappa shape index (κ1) is 7.98. The first-order valence-electron chi connectivity index (χ1n) is 3.85. The molecule has 3 nitrogen and oxygen atoms in total. The second-order valence-corrected chi connectivity index (χ2v) is 2.56. The van der Waals surface area contributed by atoms with Crippen molar-refractivity contribution in [1.82, 2.24) is 5.32 Å². The van der Waals surface area contributed by atoms with E-state index in [1.165, 1.54) is 12.8 Å². The Balaban J connectivity index is 1.68. The van der Waals surface area contributed by atoms with Gasteiger partial charge in [-0.25, -0.2) is 0 Å². The molecule has 60 valence electrons. The highest BCUT2D eigenvalue weighted by molar-refractivity contribution is 4.80. The van der Waals surface area contributed by atoms with Crippen molar-refractivity contribution in [3.63, 3.8) is 0 Å². The van der Waals surface area contributed by atoms with E-state index in [4.69, 9.17) is 9.84 Å². The van der Waals surface area contributed by atoms with Crippen LogP contribution in [0.2, 0.25) is 0 Å². The van der Waals surface area contributed by atoms with Crippen LogP contribution in [-0.2, 0) is 4.74 Å². The highest BCUT2D eigenvalue weighted by Gasteiger charge is 2.19. The van der Waals surface area contributed by atoms with Gasteiger partial charge in [-0.15, -0.1) is 0 Å². The lowest BCUT2D eigenvalue weighted by molar-refractivity contribution is 0.0938. The highest BCUT2D eigenvalue weighted by atomic mass is 16.5. The van der Waals surface area contributed by atoms with Gasteiger partial charge in [0.15, 0.2) is 0 Å². The van der Waals surface area contributed by atoms with Crippen LogP contribution in [0.1, 0.15) is 12.8 Å². The van der Waals surface area contributed by atoms with Gasteiger partial charge in [0.25, 0.3) is 0 Å². The fourth-order valence-corrected chi connectivity index (χ4v) is 0.789. The number of aliphatic hydroxyl groups is 1. The van der Waals surface area contributed by atoms with Gasteiger partial charge in [0.2, 0.25) is 0 Å². The van der Waals surface area contributed by atoms with Crippen molar-refractivity contribution in [1.29, 1.82) is 0 Å². The Morgan fingerprint density at radius 2 is 2.20 bits per heavy atom. The maximum atomic E-state index is 8.34. The van der Waals surface area contributed by atoms with E-state index >= 15 is 0 Å². The van der Waals surface area contributed by atoms with Crippen LogP contribution in [0.4, 0.5) is 0 Å². The molecule has 10 heavy (non-hydrogen) atoms. The molecule has 0 aromatic heterocycles. The molecule has 1 fully saturated rings. The summed E-state index contributed by atoms with van der Waals surface area (Å²) < 4.78 is 5.05. The third-order valence-electron chi connectivity index (χ3n) is 1.49. The average molecular weight is 145 g/mol. The van der Waals surface area contributed by atoms with E-state index in [1.54, 1.807) is 0 Å². The molecule has 0 radical (unpaired) electrons. The topological polar surface area (TPSA) is 41.5 Å². The van der Waals surface area contributed by atoms with Crippen LogP contribution >= 0.6 is 0 Å². The van der Waals surface area contributed by atoms with Crippen LogP contribution in [0.3, 0.4) is 0 Å². The lowest BCUT2D eigenvalue weighted by Gasteiger charge is -2.02. The molecule has 1 aliphatic carbocycles. The molecule has 3 heteroatoms. The molecule has 0 aromatic carbocycles. The number of hydrogen-bond acceptors (Lipinski definition) is 3. The molecule has 0 unspecified atom stereocenters. The van der Waals surface area contributed by atoms with Gasteiger partial charge in [0.05, 0.1) is 19.8 Å². The molecule has 0 atom stereocenters. The molecule has 0 heterocycles. The summed E-state index contributed by atoms with van der Waals surface area (Å²) in [6.45, 7) is 2.23. The zero-order valence-electron chi connectivity index (χ0n) is 6.18. The number of hydrogen-bond donors (Lipinski definition) is 2. The number of nitrogens with one attached hydrogen (secondary N) is 1. The molecule has 0 bridgehead atoms. The maximum absolute atomic E-state index is 8.34. The summed E-state index contributed by atoms with van der Waals surface area (Å²) >= 11 is 0. The van der Waals surface area contributed by atoms with Crippen molar-refractivity contribution in [3.05, 3.63) is 0 Å². The number of ether oxygens (including phenoxy) is 1. The van der Waals surface area contributed by atoms with Gasteiger partial charge in [0.1, 0.15) is 0 Å². The molecule has 1 aliphatic rings. The van der Waals surface area contributed by atoms with E-state index in [0.29, 0.717) is 6.61 Å². The predicted octanol–water partition coefficient (Wildman–Crippen LogP) is -0.253. The quantitative estimate of drug-likeness (QED) is 0.506. The zero-order chi connectivity index (χ0) is 7.23. The molecule has 1 rings (SSSR count). The molecule has 0 saturated heterocycles. The maximum Gasteiger partial charge on any atom is 0.0698 e. The average Bonchev–Trinajstić information content (AvgIpc) is 2.71. The molecule has 2 N–H and O–H groups in total. The third kappa shape index (κ3) is 3.82. The van der Waals surface area contributed by atoms with Crippen molar-refractivity contribution >= 4 is 0 Å². The smallest absolute Gasteiger partial charge is 0.0698 e. The Morgan fingerprint density at radius 3 is 2.80 bits per heavy atom. The van der Waals surface area contributed by atoms with E-state index < -0.39 is 0 Å². The first-order valence-corrected chi connectivity index (χ1v) is 3.85. The summed E-state index contributed by atoms with van der Waals surface area (Å²) in [7, 11) is 0. The Kier molecular flexibility index (Phi) is 3.72. The SMILES string of the molecule is OCCOCCNC1CC1. The summed E-state index contributed by atoms with van der Waals surface area (Å²) in [6, 6.07) is 0.762. The standard InChI is InChI=1S/C7H15NO2/c9-4-6-10-5-3-8-7-1-2-7/h7-9H,1-6H2. The van der Waals surface area contributed by atoms with Crippen LogP contribution in [-0.4, -0.2) is 37.5 Å². The van der Waals surface area contributed by atoms with Gasteiger partial charge >= 0.3 is 0 Å². The van der Waals surface area contributed by atoms with Gasteiger partial charge in [-0.2, -0.15) is 0 Å². The van der Waals surface area contributed by atoms with Crippen LogP contribution in [0.5, 0.6) is 0 Å². The Hall–Kier alpha value is -0.120. The molecule has 0 spiro atoms. The minimum atomic E-state index is 0.128. The Bertz CT molecular complexity index is 83.7. The summed E-state index contributed by atoms with van der Waals surface area (Å²) in [5.41, 5.74) is 0. The van der Waals surface area contributed by atoms with Crippen LogP contribution in [0.25, 0.3) is 0 Å². The van der Waals surface area contributed by atoms with Gasteiger partial charge in [0, 0.05) is 12.6 Å². The van der Waals surface area contributed by atoms with E-state index in [2.05, 4.69) is 5.32 Å². The fourth-order valence-electron chi connectivity index (χ4n) is 0.789. The van der Waals surface area contributed by atoms with Gasteiger partial charge in [-0.1, -0.05) is 0 Å². The fraction of sp³-hybridized carbons (Fsp3) is 1.00. The summed E-state index contributed by atoms with van der Waals surface area (Å²) in [6.07, 6.45) is 2.64. The summed E-state index contributed by atoms with van der Waals surface area (Å²) in [5, 5.41) is 11.7. The second-order valence-electron chi connectivity index (χ2n) is 2.56. The molecule has 1 saturated carbocycles. The van der Waals surface area contributed by atoms with Crippen LogP contribution in [0.15, 0.2) is 0 Å². The first-order chi connectivity index (χ1) is 4.93. The lowest BCUT2D eigenvalue weighted by Crippen LogP contribution is -2.22. The molecular formula is C7H15NO2. The van der Waals surface area contributed by atoms with Gasteiger partial charge in [-0.05, 0) is 12.8 Å². The van der Waals surface area contributed by atoms with Crippen LogP contribution in [0, 0.1) is 0 Å². The molecule has 0 aromatic rings. The van der Waals surface area contributed by atoms with E-state index in [-0.39, 0.29) is 6.61 Å². The third-order valence-corrected chi connectivity index (χ3v) is 1.49. The molecule has 0 amide bonds. The van der Waals surface area contributed by atoms with Crippen molar-refractivity contribution < 1.29 is 9.84 Å². The summed E-state index contributed by atoms with van der Waals surface area (Å²) in [5.74, 6) is 0. The minimum Gasteiger partial charge on any atom is -0.394 e. The summed E-state index contributed by atoms with van der Waals surface area (Å²) in [4.78, 5) is 0. The van der Waals surface area contributed by atoms with Crippen molar-refractivity contribution in [2.75, 3.05) is 26.4 Å².